The molecule has 19 heavy (non-hydrogen) atoms. The summed E-state index contributed by atoms with van der Waals surface area (Å²) in [5, 5.41) is 8.56. The predicted molar refractivity (Wildman–Crippen MR) is 63.2 cm³/mol. The first-order chi connectivity index (χ1) is 8.97. The highest BCUT2D eigenvalue weighted by Gasteiger charge is 2.36. The van der Waals surface area contributed by atoms with Crippen LogP contribution >= 0.6 is 0 Å². The highest BCUT2D eigenvalue weighted by atomic mass is 19.1. The van der Waals surface area contributed by atoms with Crippen molar-refractivity contribution in [3.05, 3.63) is 22.7 Å². The molecule has 1 aliphatic heterocycles. The first-order valence-electron chi connectivity index (χ1n) is 5.83. The largest absolute Gasteiger partial charge is 0.481 e. The average molecular weight is 271 g/mol. The fourth-order valence-corrected chi connectivity index (χ4v) is 2.03. The molecule has 1 aliphatic rings. The Labute approximate surface area is 107 Å². The van der Waals surface area contributed by atoms with E-state index in [1.807, 2.05) is 0 Å². The minimum atomic E-state index is -1.30. The molecule has 0 unspecified atom stereocenters. The summed E-state index contributed by atoms with van der Waals surface area (Å²) in [6, 6.07) is 1.42. The van der Waals surface area contributed by atoms with E-state index < -0.39 is 30.2 Å². The molecule has 0 aliphatic carbocycles. The number of halogens is 1. The lowest BCUT2D eigenvalue weighted by Crippen LogP contribution is -2.27. The van der Waals surface area contributed by atoms with Gasteiger partial charge in [-0.2, -0.15) is 4.98 Å². The molecule has 1 aromatic rings. The van der Waals surface area contributed by atoms with Crippen molar-refractivity contribution in [3.8, 4) is 0 Å². The molecule has 2 heterocycles. The van der Waals surface area contributed by atoms with Crippen LogP contribution in [0.5, 0.6) is 0 Å². The number of aliphatic carboxylic acids is 1. The van der Waals surface area contributed by atoms with E-state index >= 15 is 0 Å². The summed E-state index contributed by atoms with van der Waals surface area (Å²) in [6.45, 7) is 0. The van der Waals surface area contributed by atoms with Crippen molar-refractivity contribution < 1.29 is 19.0 Å². The third-order valence-electron chi connectivity index (χ3n) is 2.97. The first kappa shape index (κ1) is 13.5. The van der Waals surface area contributed by atoms with Crippen LogP contribution in [0.4, 0.5) is 10.2 Å². The van der Waals surface area contributed by atoms with Crippen molar-refractivity contribution in [1.82, 2.24) is 9.55 Å². The molecule has 2 rings (SSSR count). The molecule has 104 valence electrons. The van der Waals surface area contributed by atoms with Gasteiger partial charge in [0.05, 0.1) is 6.10 Å². The summed E-state index contributed by atoms with van der Waals surface area (Å²) < 4.78 is 20.2. The maximum absolute atomic E-state index is 13.7. The lowest BCUT2D eigenvalue weighted by Gasteiger charge is -2.14. The quantitative estimate of drug-likeness (QED) is 0.816. The Morgan fingerprint density at radius 2 is 2.42 bits per heavy atom. The summed E-state index contributed by atoms with van der Waals surface area (Å²) in [4.78, 5) is 25.6. The molecule has 3 N–H and O–H groups in total. The number of carboxylic acids is 1. The molecule has 1 aromatic heterocycles. The Balaban J connectivity index is 2.07. The first-order valence-corrected chi connectivity index (χ1v) is 5.83. The Bertz CT molecular complexity index is 533. The molecule has 7 nitrogen and oxygen atoms in total. The number of nitrogen functional groups attached to an aromatic ring is 1. The van der Waals surface area contributed by atoms with E-state index in [-0.39, 0.29) is 25.1 Å². The van der Waals surface area contributed by atoms with Crippen LogP contribution in [0.25, 0.3) is 0 Å². The number of hydrogen-bond acceptors (Lipinski definition) is 5. The van der Waals surface area contributed by atoms with Gasteiger partial charge in [-0.3, -0.25) is 9.36 Å². The summed E-state index contributed by atoms with van der Waals surface area (Å²) in [5.41, 5.74) is 4.74. The summed E-state index contributed by atoms with van der Waals surface area (Å²) in [5.74, 6) is -0.927. The van der Waals surface area contributed by atoms with Gasteiger partial charge in [-0.15, -0.1) is 0 Å². The fraction of sp³-hybridized carbons (Fsp3) is 0.545. The summed E-state index contributed by atoms with van der Waals surface area (Å²) in [6.07, 6.45) is -1.59. The topological polar surface area (TPSA) is 107 Å². The minimum absolute atomic E-state index is 0.00418. The number of nitrogens with two attached hydrogens (primary N) is 1. The van der Waals surface area contributed by atoms with Crippen molar-refractivity contribution >= 4 is 11.8 Å². The lowest BCUT2D eigenvalue weighted by atomic mass is 10.1. The Kier molecular flexibility index (Phi) is 3.79. The van der Waals surface area contributed by atoms with Gasteiger partial charge in [-0.25, -0.2) is 9.18 Å². The predicted octanol–water partition coefficient (Wildman–Crippen LogP) is 0.316. The Hall–Kier alpha value is -1.96. The standard InChI is InChI=1S/C11H14FN3O4/c12-6-5-9(19-7(6)1-2-10(16)17)15-4-3-8(13)14-11(15)18/h3-4,6-7,9H,1-2,5H2,(H,16,17)(H2,13,14,18)/t6-,7-,9-/m1/s1. The van der Waals surface area contributed by atoms with Crippen molar-refractivity contribution in [2.75, 3.05) is 5.73 Å². The number of aromatic nitrogens is 2. The van der Waals surface area contributed by atoms with Gasteiger partial charge in [-0.1, -0.05) is 0 Å². The molecule has 1 saturated heterocycles. The van der Waals surface area contributed by atoms with Gasteiger partial charge in [0.2, 0.25) is 0 Å². The van der Waals surface area contributed by atoms with Gasteiger partial charge < -0.3 is 15.6 Å². The number of rotatable bonds is 4. The highest BCUT2D eigenvalue weighted by Crippen LogP contribution is 2.32. The van der Waals surface area contributed by atoms with Crippen LogP contribution in [0.1, 0.15) is 25.5 Å². The zero-order valence-corrected chi connectivity index (χ0v) is 10.0. The van der Waals surface area contributed by atoms with Gasteiger partial charge >= 0.3 is 11.7 Å². The van der Waals surface area contributed by atoms with E-state index in [0.717, 1.165) is 4.57 Å². The Morgan fingerprint density at radius 3 is 3.05 bits per heavy atom. The number of nitrogens with zero attached hydrogens (tertiary/aromatic N) is 2. The van der Waals surface area contributed by atoms with Crippen LogP contribution in [-0.4, -0.2) is 32.9 Å². The van der Waals surface area contributed by atoms with Crippen molar-refractivity contribution in [1.29, 1.82) is 0 Å². The maximum Gasteiger partial charge on any atom is 0.351 e. The van der Waals surface area contributed by atoms with Gasteiger partial charge in [0.15, 0.2) is 0 Å². The van der Waals surface area contributed by atoms with Crippen LogP contribution < -0.4 is 11.4 Å². The second kappa shape index (κ2) is 5.35. The monoisotopic (exact) mass is 271 g/mol. The third kappa shape index (κ3) is 3.08. The minimum Gasteiger partial charge on any atom is -0.481 e. The number of ether oxygens (including phenoxy) is 1. The fourth-order valence-electron chi connectivity index (χ4n) is 2.03. The molecule has 8 heteroatoms. The highest BCUT2D eigenvalue weighted by molar-refractivity contribution is 5.66. The van der Waals surface area contributed by atoms with Gasteiger partial charge in [0, 0.05) is 19.0 Å². The van der Waals surface area contributed by atoms with Crippen molar-refractivity contribution in [3.63, 3.8) is 0 Å². The van der Waals surface area contributed by atoms with E-state index in [9.17, 15) is 14.0 Å². The molecule has 0 spiro atoms. The molecule has 1 fully saturated rings. The van der Waals surface area contributed by atoms with Gasteiger partial charge in [-0.05, 0) is 12.5 Å². The molecular formula is C11H14FN3O4. The Morgan fingerprint density at radius 1 is 1.68 bits per heavy atom. The SMILES string of the molecule is Nc1ccn([C@H]2C[C@@H](F)[C@@H](CCC(=O)O)O2)c(=O)n1. The van der Waals surface area contributed by atoms with E-state index in [2.05, 4.69) is 4.98 Å². The molecule has 0 aromatic carbocycles. The second-order valence-corrected chi connectivity index (χ2v) is 4.36. The average Bonchev–Trinajstić information content (AvgIpc) is 2.67. The normalized spacial score (nSPS) is 26.5. The van der Waals surface area contributed by atoms with Crippen LogP contribution in [0, 0.1) is 0 Å². The number of carboxylic acid groups (broad SMARTS) is 1. The number of carbonyl (C=O) groups is 1. The zero-order valence-electron chi connectivity index (χ0n) is 10.0. The number of anilines is 1. The summed E-state index contributed by atoms with van der Waals surface area (Å²) >= 11 is 0. The van der Waals surface area contributed by atoms with E-state index in [1.165, 1.54) is 12.3 Å². The van der Waals surface area contributed by atoms with Crippen molar-refractivity contribution in [2.45, 2.75) is 37.8 Å². The third-order valence-corrected chi connectivity index (χ3v) is 2.97. The maximum atomic E-state index is 13.7. The second-order valence-electron chi connectivity index (χ2n) is 4.36. The molecule has 0 saturated carbocycles. The smallest absolute Gasteiger partial charge is 0.351 e. The molecule has 0 amide bonds. The molecular weight excluding hydrogens is 257 g/mol. The van der Waals surface area contributed by atoms with Crippen LogP contribution in [-0.2, 0) is 9.53 Å². The van der Waals surface area contributed by atoms with Gasteiger partial charge in [0.25, 0.3) is 0 Å². The van der Waals surface area contributed by atoms with E-state index in [4.69, 9.17) is 15.6 Å². The zero-order chi connectivity index (χ0) is 14.0. The molecule has 0 bridgehead atoms. The summed E-state index contributed by atoms with van der Waals surface area (Å²) in [7, 11) is 0. The number of hydrogen-bond donors (Lipinski definition) is 2. The number of alkyl halides is 1. The van der Waals surface area contributed by atoms with Crippen LogP contribution in [0.15, 0.2) is 17.1 Å². The molecule has 0 radical (unpaired) electrons. The van der Waals surface area contributed by atoms with Gasteiger partial charge in [0.1, 0.15) is 18.2 Å². The van der Waals surface area contributed by atoms with Crippen LogP contribution in [0.3, 0.4) is 0 Å². The molecule has 3 atom stereocenters. The lowest BCUT2D eigenvalue weighted by molar-refractivity contribution is -0.138. The van der Waals surface area contributed by atoms with Crippen LogP contribution in [0.2, 0.25) is 0 Å². The van der Waals surface area contributed by atoms with E-state index in [1.54, 1.807) is 0 Å². The van der Waals surface area contributed by atoms with E-state index in [0.29, 0.717) is 0 Å². The van der Waals surface area contributed by atoms with Crippen molar-refractivity contribution in [2.24, 2.45) is 0 Å².